The van der Waals surface area contributed by atoms with Crippen molar-refractivity contribution in [1.29, 1.82) is 0 Å². The second-order valence-corrected chi connectivity index (χ2v) is 19.0. The van der Waals surface area contributed by atoms with E-state index < -0.39 is 0 Å². The third-order valence-electron chi connectivity index (χ3n) is 13.0. The van der Waals surface area contributed by atoms with Crippen molar-refractivity contribution < 1.29 is 0 Å². The minimum atomic E-state index is 0.0383. The van der Waals surface area contributed by atoms with Crippen LogP contribution in [0, 0.1) is 0 Å². The normalized spacial score (nSPS) is 12.4. The van der Waals surface area contributed by atoms with E-state index in [0.29, 0.717) is 0 Å². The lowest BCUT2D eigenvalue weighted by molar-refractivity contribution is 0.590. The van der Waals surface area contributed by atoms with Crippen molar-refractivity contribution in [1.82, 2.24) is 4.57 Å². The summed E-state index contributed by atoms with van der Waals surface area (Å²) in [7, 11) is 0. The molecule has 0 radical (unpaired) electrons. The van der Waals surface area contributed by atoms with Crippen molar-refractivity contribution in [2.45, 2.75) is 52.4 Å². The molecular weight excluding hydrogens is 749 g/mol. The SMILES string of the molecule is CC(C)(C)c1ccc2c(c1)c1cc(C(C)(C)C)ccc1n2-c1ccc2ccc3c(N(c4ccccc4)c4cccc(-c5ccccc5-c5ccccc5)c4)ccc4ccc1c2c43. The molecule has 10 aromatic carbocycles. The van der Waals surface area contributed by atoms with Gasteiger partial charge < -0.3 is 9.47 Å². The first-order chi connectivity index (χ1) is 30.0. The third kappa shape index (κ3) is 6.16. The molecule has 0 atom stereocenters. The van der Waals surface area contributed by atoms with Crippen molar-refractivity contribution in [3.63, 3.8) is 0 Å². The average Bonchev–Trinajstić information content (AvgIpc) is 3.62. The number of aromatic nitrogens is 1. The summed E-state index contributed by atoms with van der Waals surface area (Å²) in [5, 5.41) is 10.2. The number of hydrogen-bond donors (Lipinski definition) is 0. The summed E-state index contributed by atoms with van der Waals surface area (Å²) in [4.78, 5) is 2.44. The maximum absolute atomic E-state index is 2.52. The smallest absolute Gasteiger partial charge is 0.0541 e. The van der Waals surface area contributed by atoms with Crippen LogP contribution in [0.5, 0.6) is 0 Å². The Morgan fingerprint density at radius 1 is 0.371 bits per heavy atom. The van der Waals surface area contributed by atoms with Gasteiger partial charge in [-0.2, -0.15) is 0 Å². The van der Waals surface area contributed by atoms with Crippen LogP contribution >= 0.6 is 0 Å². The zero-order chi connectivity index (χ0) is 42.3. The van der Waals surface area contributed by atoms with E-state index in [2.05, 4.69) is 245 Å². The van der Waals surface area contributed by atoms with Crippen molar-refractivity contribution in [2.24, 2.45) is 0 Å². The van der Waals surface area contributed by atoms with Crippen LogP contribution in [0.15, 0.2) is 194 Å². The second kappa shape index (κ2) is 14.2. The molecule has 0 aliphatic rings. The van der Waals surface area contributed by atoms with Gasteiger partial charge >= 0.3 is 0 Å². The van der Waals surface area contributed by atoms with Crippen LogP contribution in [0.3, 0.4) is 0 Å². The number of hydrogen-bond acceptors (Lipinski definition) is 1. The van der Waals surface area contributed by atoms with Gasteiger partial charge in [-0.3, -0.25) is 0 Å². The minimum Gasteiger partial charge on any atom is -0.310 e. The van der Waals surface area contributed by atoms with Crippen LogP contribution in [0.25, 0.3) is 82.1 Å². The van der Waals surface area contributed by atoms with Crippen LogP contribution in [-0.2, 0) is 10.8 Å². The minimum absolute atomic E-state index is 0.0383. The van der Waals surface area contributed by atoms with E-state index in [1.165, 1.54) is 93.2 Å². The molecule has 11 aromatic rings. The van der Waals surface area contributed by atoms with Gasteiger partial charge in [0.25, 0.3) is 0 Å². The van der Waals surface area contributed by atoms with E-state index in [9.17, 15) is 0 Å². The molecule has 0 amide bonds. The first-order valence-corrected chi connectivity index (χ1v) is 21.9. The number of anilines is 3. The Kier molecular flexibility index (Phi) is 8.67. The van der Waals surface area contributed by atoms with Gasteiger partial charge in [0.1, 0.15) is 0 Å². The predicted octanol–water partition coefficient (Wildman–Crippen LogP) is 17.1. The van der Waals surface area contributed by atoms with E-state index in [1.807, 2.05) is 0 Å². The molecule has 0 aliphatic heterocycles. The summed E-state index contributed by atoms with van der Waals surface area (Å²) in [6, 6.07) is 72.2. The molecule has 2 nitrogen and oxygen atoms in total. The number of fused-ring (bicyclic) bond motifs is 3. The largest absolute Gasteiger partial charge is 0.310 e. The van der Waals surface area contributed by atoms with E-state index >= 15 is 0 Å². The quantitative estimate of drug-likeness (QED) is 0.152. The van der Waals surface area contributed by atoms with Gasteiger partial charge in [0.05, 0.1) is 22.4 Å². The molecule has 0 aliphatic carbocycles. The zero-order valence-corrected chi connectivity index (χ0v) is 36.4. The van der Waals surface area contributed by atoms with Crippen molar-refractivity contribution in [2.75, 3.05) is 4.90 Å². The van der Waals surface area contributed by atoms with Crippen LogP contribution in [-0.4, -0.2) is 4.57 Å². The molecule has 0 spiro atoms. The van der Waals surface area contributed by atoms with E-state index in [1.54, 1.807) is 0 Å². The van der Waals surface area contributed by atoms with Gasteiger partial charge in [-0.15, -0.1) is 0 Å². The van der Waals surface area contributed by atoms with E-state index in [0.717, 1.165) is 17.1 Å². The fourth-order valence-electron chi connectivity index (χ4n) is 9.80. The molecule has 2 heteroatoms. The van der Waals surface area contributed by atoms with Gasteiger partial charge in [0.15, 0.2) is 0 Å². The maximum Gasteiger partial charge on any atom is 0.0541 e. The average molecular weight is 799 g/mol. The molecule has 0 saturated heterocycles. The molecular formula is C60H50N2. The summed E-state index contributed by atoms with van der Waals surface area (Å²) in [5.41, 5.74) is 14.7. The zero-order valence-electron chi connectivity index (χ0n) is 36.4. The Balaban J connectivity index is 1.14. The molecule has 11 rings (SSSR count). The summed E-state index contributed by atoms with van der Waals surface area (Å²) in [6.45, 7) is 13.9. The van der Waals surface area contributed by atoms with Crippen LogP contribution in [0.4, 0.5) is 17.1 Å². The molecule has 62 heavy (non-hydrogen) atoms. The lowest BCUT2D eigenvalue weighted by Crippen LogP contribution is -2.10. The van der Waals surface area contributed by atoms with Gasteiger partial charge in [-0.25, -0.2) is 0 Å². The van der Waals surface area contributed by atoms with Crippen molar-refractivity contribution in [3.05, 3.63) is 205 Å². The lowest BCUT2D eigenvalue weighted by Gasteiger charge is -2.28. The summed E-state index contributed by atoms with van der Waals surface area (Å²) in [5.74, 6) is 0. The first-order valence-electron chi connectivity index (χ1n) is 21.9. The summed E-state index contributed by atoms with van der Waals surface area (Å²) >= 11 is 0. The fourth-order valence-corrected chi connectivity index (χ4v) is 9.80. The van der Waals surface area contributed by atoms with Crippen LogP contribution in [0.2, 0.25) is 0 Å². The summed E-state index contributed by atoms with van der Waals surface area (Å²) < 4.78 is 2.52. The Labute approximate surface area is 364 Å². The van der Waals surface area contributed by atoms with Crippen molar-refractivity contribution >= 4 is 71.2 Å². The van der Waals surface area contributed by atoms with Crippen molar-refractivity contribution in [3.8, 4) is 27.9 Å². The Morgan fingerprint density at radius 2 is 0.871 bits per heavy atom. The molecule has 0 N–H and O–H groups in total. The number of benzene rings is 10. The molecule has 1 heterocycles. The van der Waals surface area contributed by atoms with Gasteiger partial charge in [0, 0.05) is 32.9 Å². The first kappa shape index (κ1) is 37.8. The van der Waals surface area contributed by atoms with Gasteiger partial charge in [0.2, 0.25) is 0 Å². The molecule has 300 valence electrons. The Morgan fingerprint density at radius 3 is 1.50 bits per heavy atom. The van der Waals surface area contributed by atoms with Gasteiger partial charge in [-0.05, 0) is 126 Å². The third-order valence-corrected chi connectivity index (χ3v) is 13.0. The highest BCUT2D eigenvalue weighted by molar-refractivity contribution is 6.27. The highest BCUT2D eigenvalue weighted by atomic mass is 15.1. The van der Waals surface area contributed by atoms with E-state index in [4.69, 9.17) is 0 Å². The molecule has 1 aromatic heterocycles. The number of para-hydroxylation sites is 1. The Hall–Kier alpha value is -7.16. The Bertz CT molecular complexity index is 3400. The summed E-state index contributed by atoms with van der Waals surface area (Å²) in [6.07, 6.45) is 0. The topological polar surface area (TPSA) is 8.17 Å². The highest BCUT2D eigenvalue weighted by Gasteiger charge is 2.24. The monoisotopic (exact) mass is 798 g/mol. The van der Waals surface area contributed by atoms with E-state index in [-0.39, 0.29) is 10.8 Å². The standard InChI is InChI=1S/C60H50N2/c1-59(2,3)43-28-34-55-51(37-43)52-38-44(60(4,5)6)29-35-56(52)62(55)54-33-27-41-24-30-49-53(32-26-40-25-31-50(54)58(41)57(40)49)61(45-19-11-8-12-20-45)46-21-15-18-42(36-46)48-23-14-13-22-47(48)39-16-9-7-10-17-39/h7-38H,1-6H3. The number of rotatable bonds is 6. The fraction of sp³-hybridized carbons (Fsp3) is 0.133. The van der Waals surface area contributed by atoms with Gasteiger partial charge in [-0.1, -0.05) is 175 Å². The number of nitrogens with zero attached hydrogens (tertiary/aromatic N) is 2. The molecule has 0 unspecified atom stereocenters. The highest BCUT2D eigenvalue weighted by Crippen LogP contribution is 2.47. The maximum atomic E-state index is 2.52. The molecule has 0 bridgehead atoms. The molecule has 0 saturated carbocycles. The van der Waals surface area contributed by atoms with Crippen LogP contribution in [0.1, 0.15) is 52.7 Å². The predicted molar refractivity (Wildman–Crippen MR) is 267 cm³/mol. The lowest BCUT2D eigenvalue weighted by atomic mass is 9.85. The second-order valence-electron chi connectivity index (χ2n) is 19.0. The molecule has 0 fully saturated rings. The van der Waals surface area contributed by atoms with Crippen LogP contribution < -0.4 is 4.90 Å².